The van der Waals surface area contributed by atoms with E-state index in [0.717, 1.165) is 18.5 Å². The Balaban J connectivity index is 2.10. The van der Waals surface area contributed by atoms with Crippen molar-refractivity contribution in [2.75, 3.05) is 32.5 Å². The van der Waals surface area contributed by atoms with Gasteiger partial charge in [0.15, 0.2) is 17.5 Å². The predicted molar refractivity (Wildman–Crippen MR) is 82.5 cm³/mol. The van der Waals surface area contributed by atoms with E-state index in [1.165, 1.54) is 6.07 Å². The number of rotatable bonds is 6. The second-order valence-corrected chi connectivity index (χ2v) is 5.20. The number of benzene rings is 1. The van der Waals surface area contributed by atoms with E-state index in [9.17, 15) is 18.0 Å². The average molecular weight is 339 g/mol. The number of aromatic nitrogens is 2. The minimum atomic E-state index is -1.59. The molecule has 0 saturated carbocycles. The number of halogens is 3. The summed E-state index contributed by atoms with van der Waals surface area (Å²) in [6.45, 7) is 1.08. The lowest BCUT2D eigenvalue weighted by atomic mass is 10.2. The number of nitrogens with zero attached hydrogens (tertiary/aromatic N) is 3. The maximum Gasteiger partial charge on any atom is 0.270 e. The lowest BCUT2D eigenvalue weighted by Gasteiger charge is -2.11. The van der Waals surface area contributed by atoms with Crippen LogP contribution in [0.4, 0.5) is 24.7 Å². The first-order valence-electron chi connectivity index (χ1n) is 7.04. The molecule has 0 aliphatic heterocycles. The molecule has 0 fully saturated rings. The van der Waals surface area contributed by atoms with Gasteiger partial charge in [-0.1, -0.05) is 0 Å². The van der Waals surface area contributed by atoms with E-state index >= 15 is 0 Å². The maximum atomic E-state index is 13.6. The van der Waals surface area contributed by atoms with Gasteiger partial charge in [-0.3, -0.25) is 4.79 Å². The molecule has 2 rings (SSSR count). The molecule has 2 N–H and O–H groups in total. The number of carbonyl (C=O) groups excluding carboxylic acids is 1. The zero-order valence-electron chi connectivity index (χ0n) is 13.1. The van der Waals surface area contributed by atoms with Gasteiger partial charge in [-0.05, 0) is 26.2 Å². The van der Waals surface area contributed by atoms with Gasteiger partial charge in [0.25, 0.3) is 5.91 Å². The fourth-order valence-corrected chi connectivity index (χ4v) is 1.79. The first kappa shape index (κ1) is 17.7. The molecule has 1 amide bonds. The monoisotopic (exact) mass is 339 g/mol. The van der Waals surface area contributed by atoms with Crippen molar-refractivity contribution in [3.8, 4) is 0 Å². The molecule has 2 aromatic rings. The third-order valence-corrected chi connectivity index (χ3v) is 3.04. The molecule has 0 saturated heterocycles. The number of anilines is 2. The molecule has 0 radical (unpaired) electrons. The molecular weight excluding hydrogens is 323 g/mol. The molecule has 0 spiro atoms. The second kappa shape index (κ2) is 7.73. The summed E-state index contributed by atoms with van der Waals surface area (Å²) < 4.78 is 39.8. The summed E-state index contributed by atoms with van der Waals surface area (Å²) >= 11 is 0. The van der Waals surface area contributed by atoms with E-state index in [4.69, 9.17) is 0 Å². The molecule has 0 bridgehead atoms. The Morgan fingerprint density at radius 1 is 1.17 bits per heavy atom. The Morgan fingerprint density at radius 2 is 1.92 bits per heavy atom. The Labute approximate surface area is 136 Å². The molecule has 128 valence electrons. The highest BCUT2D eigenvalue weighted by Gasteiger charge is 2.15. The molecule has 1 heterocycles. The molecule has 0 aliphatic rings. The number of carbonyl (C=O) groups is 1. The smallest absolute Gasteiger partial charge is 0.270 e. The van der Waals surface area contributed by atoms with Gasteiger partial charge in [0.1, 0.15) is 17.8 Å². The SMILES string of the molecule is CN(C)CCNC(=O)c1cc(Nc2ccc(F)c(F)c2F)ncn1. The quantitative estimate of drug-likeness (QED) is 0.787. The zero-order valence-corrected chi connectivity index (χ0v) is 13.1. The molecule has 0 unspecified atom stereocenters. The molecule has 1 aromatic heterocycles. The van der Waals surface area contributed by atoms with Crippen molar-refractivity contribution >= 4 is 17.4 Å². The summed E-state index contributed by atoms with van der Waals surface area (Å²) in [5.74, 6) is -4.59. The van der Waals surface area contributed by atoms with E-state index < -0.39 is 23.4 Å². The standard InChI is InChI=1S/C15H16F3N5O/c1-23(2)6-5-19-15(24)11-7-12(21-8-20-11)22-10-4-3-9(16)13(17)14(10)18/h3-4,7-8H,5-6H2,1-2H3,(H,19,24)(H,20,21,22). The Hall–Kier alpha value is -2.68. The van der Waals surface area contributed by atoms with Crippen LogP contribution < -0.4 is 10.6 Å². The van der Waals surface area contributed by atoms with Crippen LogP contribution in [0.1, 0.15) is 10.5 Å². The number of nitrogens with one attached hydrogen (secondary N) is 2. The largest absolute Gasteiger partial charge is 0.349 e. The molecule has 0 atom stereocenters. The van der Waals surface area contributed by atoms with E-state index in [2.05, 4.69) is 20.6 Å². The third kappa shape index (κ3) is 4.42. The van der Waals surface area contributed by atoms with E-state index in [-0.39, 0.29) is 17.2 Å². The Kier molecular flexibility index (Phi) is 5.69. The van der Waals surface area contributed by atoms with Crippen LogP contribution in [0.3, 0.4) is 0 Å². The van der Waals surface area contributed by atoms with Crippen LogP contribution in [0.25, 0.3) is 0 Å². The van der Waals surface area contributed by atoms with Crippen LogP contribution in [0.2, 0.25) is 0 Å². The van der Waals surface area contributed by atoms with Gasteiger partial charge in [-0.25, -0.2) is 23.1 Å². The van der Waals surface area contributed by atoms with Gasteiger partial charge in [-0.2, -0.15) is 0 Å². The van der Waals surface area contributed by atoms with Crippen molar-refractivity contribution in [2.45, 2.75) is 0 Å². The van der Waals surface area contributed by atoms with Gasteiger partial charge in [-0.15, -0.1) is 0 Å². The first-order valence-corrected chi connectivity index (χ1v) is 7.04. The van der Waals surface area contributed by atoms with Gasteiger partial charge >= 0.3 is 0 Å². The summed E-state index contributed by atoms with van der Waals surface area (Å²) in [6.07, 6.45) is 1.11. The van der Waals surface area contributed by atoms with Crippen LogP contribution >= 0.6 is 0 Å². The van der Waals surface area contributed by atoms with Gasteiger partial charge in [0.2, 0.25) is 0 Å². The van der Waals surface area contributed by atoms with Crippen LogP contribution in [-0.4, -0.2) is 48.0 Å². The molecule has 1 aromatic carbocycles. The van der Waals surface area contributed by atoms with Crippen LogP contribution in [0.5, 0.6) is 0 Å². The van der Waals surface area contributed by atoms with Crippen LogP contribution in [-0.2, 0) is 0 Å². The highest BCUT2D eigenvalue weighted by molar-refractivity contribution is 5.92. The van der Waals surface area contributed by atoms with Crippen molar-refractivity contribution in [2.24, 2.45) is 0 Å². The number of likely N-dealkylation sites (N-methyl/N-ethyl adjacent to an activating group) is 1. The summed E-state index contributed by atoms with van der Waals surface area (Å²) in [7, 11) is 3.74. The van der Waals surface area contributed by atoms with Crippen molar-refractivity contribution < 1.29 is 18.0 Å². The van der Waals surface area contributed by atoms with Crippen molar-refractivity contribution in [1.82, 2.24) is 20.2 Å². The summed E-state index contributed by atoms with van der Waals surface area (Å²) in [5, 5.41) is 5.16. The number of amides is 1. The molecular formula is C15H16F3N5O. The fourth-order valence-electron chi connectivity index (χ4n) is 1.79. The lowest BCUT2D eigenvalue weighted by Crippen LogP contribution is -2.31. The van der Waals surface area contributed by atoms with Gasteiger partial charge in [0.05, 0.1) is 5.69 Å². The van der Waals surface area contributed by atoms with Crippen molar-refractivity contribution in [3.05, 3.63) is 47.7 Å². The second-order valence-electron chi connectivity index (χ2n) is 5.20. The zero-order chi connectivity index (χ0) is 17.7. The van der Waals surface area contributed by atoms with Crippen LogP contribution in [0.15, 0.2) is 24.5 Å². The molecule has 9 heteroatoms. The maximum absolute atomic E-state index is 13.6. The summed E-state index contributed by atoms with van der Waals surface area (Å²) in [6, 6.07) is 3.11. The van der Waals surface area contributed by atoms with Crippen molar-refractivity contribution in [3.63, 3.8) is 0 Å². The highest BCUT2D eigenvalue weighted by Crippen LogP contribution is 2.22. The fraction of sp³-hybridized carbons (Fsp3) is 0.267. The van der Waals surface area contributed by atoms with E-state index in [0.29, 0.717) is 13.1 Å². The normalized spacial score (nSPS) is 10.8. The topological polar surface area (TPSA) is 70.2 Å². The van der Waals surface area contributed by atoms with Gasteiger partial charge in [0, 0.05) is 19.2 Å². The summed E-state index contributed by atoms with van der Waals surface area (Å²) in [5.41, 5.74) is -0.235. The lowest BCUT2D eigenvalue weighted by molar-refractivity contribution is 0.0946. The Bertz CT molecular complexity index is 739. The highest BCUT2D eigenvalue weighted by atomic mass is 19.2. The average Bonchev–Trinajstić information content (AvgIpc) is 2.55. The van der Waals surface area contributed by atoms with Gasteiger partial charge < -0.3 is 15.5 Å². The molecule has 6 nitrogen and oxygen atoms in total. The number of hydrogen-bond acceptors (Lipinski definition) is 5. The first-order chi connectivity index (χ1) is 11.4. The minimum Gasteiger partial charge on any atom is -0.349 e. The Morgan fingerprint density at radius 3 is 2.62 bits per heavy atom. The number of hydrogen-bond donors (Lipinski definition) is 2. The predicted octanol–water partition coefficient (Wildman–Crippen LogP) is 1.93. The summed E-state index contributed by atoms with van der Waals surface area (Å²) in [4.78, 5) is 21.5. The van der Waals surface area contributed by atoms with E-state index in [1.54, 1.807) is 0 Å². The van der Waals surface area contributed by atoms with E-state index in [1.807, 2.05) is 19.0 Å². The minimum absolute atomic E-state index is 0.0641. The third-order valence-electron chi connectivity index (χ3n) is 3.04. The molecule has 24 heavy (non-hydrogen) atoms. The van der Waals surface area contributed by atoms with Crippen molar-refractivity contribution in [1.29, 1.82) is 0 Å². The molecule has 0 aliphatic carbocycles. The van der Waals surface area contributed by atoms with Crippen LogP contribution in [0, 0.1) is 17.5 Å².